The van der Waals surface area contributed by atoms with Gasteiger partial charge in [-0.25, -0.2) is 0 Å². The van der Waals surface area contributed by atoms with Crippen molar-refractivity contribution in [3.05, 3.63) is 35.9 Å². The van der Waals surface area contributed by atoms with Gasteiger partial charge in [-0.2, -0.15) is 0 Å². The van der Waals surface area contributed by atoms with Gasteiger partial charge >= 0.3 is 0 Å². The van der Waals surface area contributed by atoms with E-state index in [0.717, 1.165) is 32.7 Å². The molecule has 114 valence electrons. The molecule has 1 aromatic carbocycles. The molecule has 1 amide bonds. The quantitative estimate of drug-likeness (QED) is 0.835. The summed E-state index contributed by atoms with van der Waals surface area (Å²) >= 11 is 0. The smallest absolute Gasteiger partial charge is 0.236 e. The fraction of sp³-hybridized carbons (Fsp3) is 0.588. The minimum atomic E-state index is 0.270. The van der Waals surface area contributed by atoms with Gasteiger partial charge in [-0.3, -0.25) is 9.69 Å². The van der Waals surface area contributed by atoms with Crippen LogP contribution in [0.4, 0.5) is 0 Å². The molecule has 0 aromatic heterocycles. The fourth-order valence-electron chi connectivity index (χ4n) is 3.57. The zero-order valence-corrected chi connectivity index (χ0v) is 13.1. The molecule has 21 heavy (non-hydrogen) atoms. The van der Waals surface area contributed by atoms with Crippen molar-refractivity contribution in [1.82, 2.24) is 14.7 Å². The van der Waals surface area contributed by atoms with Crippen molar-refractivity contribution in [2.75, 3.05) is 46.8 Å². The van der Waals surface area contributed by atoms with Crippen molar-refractivity contribution in [2.24, 2.45) is 5.41 Å². The molecule has 4 nitrogen and oxygen atoms in total. The summed E-state index contributed by atoms with van der Waals surface area (Å²) in [5.74, 6) is 0.270. The Labute approximate surface area is 127 Å². The standard InChI is InChI=1S/C17H25N3O/c1-18(2)11-16(21)20-13-17(14-20)8-9-19(12-17)10-15-6-4-3-5-7-15/h3-7H,8-14H2,1-2H3. The van der Waals surface area contributed by atoms with E-state index < -0.39 is 0 Å². The lowest BCUT2D eigenvalue weighted by Gasteiger charge is -2.48. The van der Waals surface area contributed by atoms with Crippen LogP contribution in [0.15, 0.2) is 30.3 Å². The Hall–Kier alpha value is -1.39. The topological polar surface area (TPSA) is 26.8 Å². The third-order valence-electron chi connectivity index (χ3n) is 4.62. The molecule has 2 aliphatic rings. The molecule has 4 heteroatoms. The lowest BCUT2D eigenvalue weighted by atomic mass is 9.79. The Morgan fingerprint density at radius 3 is 2.57 bits per heavy atom. The summed E-state index contributed by atoms with van der Waals surface area (Å²) in [5, 5.41) is 0. The van der Waals surface area contributed by atoms with E-state index in [2.05, 4.69) is 35.2 Å². The van der Waals surface area contributed by atoms with Crippen molar-refractivity contribution in [3.8, 4) is 0 Å². The van der Waals surface area contributed by atoms with E-state index in [0.29, 0.717) is 12.0 Å². The SMILES string of the molecule is CN(C)CC(=O)N1CC2(CCN(Cc3ccccc3)C2)C1. The summed E-state index contributed by atoms with van der Waals surface area (Å²) in [6.07, 6.45) is 1.23. The molecule has 0 bridgehead atoms. The number of hydrogen-bond donors (Lipinski definition) is 0. The molecule has 2 fully saturated rings. The van der Waals surface area contributed by atoms with E-state index in [1.54, 1.807) is 0 Å². The van der Waals surface area contributed by atoms with Crippen molar-refractivity contribution in [3.63, 3.8) is 0 Å². The molecule has 0 radical (unpaired) electrons. The number of likely N-dealkylation sites (tertiary alicyclic amines) is 2. The highest BCUT2D eigenvalue weighted by Crippen LogP contribution is 2.39. The van der Waals surface area contributed by atoms with E-state index in [9.17, 15) is 4.79 Å². The van der Waals surface area contributed by atoms with Crippen molar-refractivity contribution in [2.45, 2.75) is 13.0 Å². The number of benzene rings is 1. The third-order valence-corrected chi connectivity index (χ3v) is 4.62. The van der Waals surface area contributed by atoms with E-state index in [1.807, 2.05) is 23.9 Å². The van der Waals surface area contributed by atoms with E-state index in [1.165, 1.54) is 12.0 Å². The molecular weight excluding hydrogens is 262 g/mol. The number of amides is 1. The summed E-state index contributed by atoms with van der Waals surface area (Å²) in [7, 11) is 3.90. The second-order valence-corrected chi connectivity index (χ2v) is 6.93. The average molecular weight is 287 g/mol. The molecule has 1 spiro atoms. The fourth-order valence-corrected chi connectivity index (χ4v) is 3.57. The van der Waals surface area contributed by atoms with Gasteiger partial charge in [0, 0.05) is 31.6 Å². The van der Waals surface area contributed by atoms with Gasteiger partial charge < -0.3 is 9.80 Å². The minimum Gasteiger partial charge on any atom is -0.340 e. The van der Waals surface area contributed by atoms with E-state index in [-0.39, 0.29) is 5.91 Å². The van der Waals surface area contributed by atoms with E-state index in [4.69, 9.17) is 0 Å². The van der Waals surface area contributed by atoms with Crippen LogP contribution in [0.2, 0.25) is 0 Å². The molecule has 1 aromatic rings. The Bertz CT molecular complexity index is 494. The van der Waals surface area contributed by atoms with Gasteiger partial charge in [0.25, 0.3) is 0 Å². The first-order valence-corrected chi connectivity index (χ1v) is 7.75. The van der Waals surface area contributed by atoms with Crippen molar-refractivity contribution < 1.29 is 4.79 Å². The molecular formula is C17H25N3O. The lowest BCUT2D eigenvalue weighted by molar-refractivity contribution is -0.143. The van der Waals surface area contributed by atoms with Gasteiger partial charge in [0.2, 0.25) is 5.91 Å². The van der Waals surface area contributed by atoms with Gasteiger partial charge in [0.15, 0.2) is 0 Å². The van der Waals surface area contributed by atoms with Crippen LogP contribution >= 0.6 is 0 Å². The van der Waals surface area contributed by atoms with Crippen LogP contribution in [0.25, 0.3) is 0 Å². The Balaban J connectivity index is 1.49. The number of hydrogen-bond acceptors (Lipinski definition) is 3. The maximum atomic E-state index is 12.0. The molecule has 0 saturated carbocycles. The summed E-state index contributed by atoms with van der Waals surface area (Å²) in [5.41, 5.74) is 1.76. The number of carbonyl (C=O) groups excluding carboxylic acids is 1. The van der Waals surface area contributed by atoms with Gasteiger partial charge in [-0.05, 0) is 32.6 Å². The minimum absolute atomic E-state index is 0.270. The van der Waals surface area contributed by atoms with Crippen LogP contribution in [0, 0.1) is 5.41 Å². The maximum Gasteiger partial charge on any atom is 0.236 e. The highest BCUT2D eigenvalue weighted by atomic mass is 16.2. The predicted octanol–water partition coefficient (Wildman–Crippen LogP) is 1.28. The lowest BCUT2D eigenvalue weighted by Crippen LogP contribution is -2.60. The molecule has 0 unspecified atom stereocenters. The number of rotatable bonds is 4. The first-order valence-electron chi connectivity index (χ1n) is 7.75. The summed E-state index contributed by atoms with van der Waals surface area (Å²) in [4.78, 5) is 18.5. The summed E-state index contributed by atoms with van der Waals surface area (Å²) < 4.78 is 0. The van der Waals surface area contributed by atoms with Crippen molar-refractivity contribution in [1.29, 1.82) is 0 Å². The molecule has 2 aliphatic heterocycles. The number of likely N-dealkylation sites (N-methyl/N-ethyl adjacent to an activating group) is 1. The van der Waals surface area contributed by atoms with Crippen LogP contribution in [-0.4, -0.2) is 67.4 Å². The normalized spacial score (nSPS) is 21.0. The Morgan fingerprint density at radius 2 is 1.90 bits per heavy atom. The van der Waals surface area contributed by atoms with Gasteiger partial charge in [0.05, 0.1) is 6.54 Å². The first kappa shape index (κ1) is 14.5. The summed E-state index contributed by atoms with van der Waals surface area (Å²) in [6, 6.07) is 10.7. The second kappa shape index (κ2) is 5.78. The van der Waals surface area contributed by atoms with Crippen LogP contribution in [0.3, 0.4) is 0 Å². The molecule has 0 atom stereocenters. The van der Waals surface area contributed by atoms with Gasteiger partial charge in [-0.15, -0.1) is 0 Å². The van der Waals surface area contributed by atoms with Crippen molar-refractivity contribution >= 4 is 5.91 Å². The second-order valence-electron chi connectivity index (χ2n) is 6.93. The molecule has 2 saturated heterocycles. The third kappa shape index (κ3) is 3.27. The van der Waals surface area contributed by atoms with Crippen LogP contribution in [0.1, 0.15) is 12.0 Å². The molecule has 3 rings (SSSR count). The van der Waals surface area contributed by atoms with Crippen LogP contribution in [-0.2, 0) is 11.3 Å². The average Bonchev–Trinajstić information content (AvgIpc) is 2.81. The Kier molecular flexibility index (Phi) is 4.00. The number of nitrogens with zero attached hydrogens (tertiary/aromatic N) is 3. The maximum absolute atomic E-state index is 12.0. The molecule has 0 aliphatic carbocycles. The first-order chi connectivity index (χ1) is 10.1. The van der Waals surface area contributed by atoms with Gasteiger partial charge in [-0.1, -0.05) is 30.3 Å². The monoisotopic (exact) mass is 287 g/mol. The Morgan fingerprint density at radius 1 is 1.19 bits per heavy atom. The zero-order valence-electron chi connectivity index (χ0n) is 13.1. The predicted molar refractivity (Wildman–Crippen MR) is 83.9 cm³/mol. The van der Waals surface area contributed by atoms with Crippen LogP contribution < -0.4 is 0 Å². The van der Waals surface area contributed by atoms with E-state index >= 15 is 0 Å². The summed E-state index contributed by atoms with van der Waals surface area (Å²) in [6.45, 7) is 5.76. The molecule has 2 heterocycles. The zero-order chi connectivity index (χ0) is 14.9. The van der Waals surface area contributed by atoms with Crippen LogP contribution in [0.5, 0.6) is 0 Å². The molecule has 0 N–H and O–H groups in total. The van der Waals surface area contributed by atoms with Gasteiger partial charge in [0.1, 0.15) is 0 Å². The highest BCUT2D eigenvalue weighted by molar-refractivity contribution is 5.79. The largest absolute Gasteiger partial charge is 0.340 e. The highest BCUT2D eigenvalue weighted by Gasteiger charge is 2.48. The number of carbonyl (C=O) groups is 1.